The van der Waals surface area contributed by atoms with Crippen molar-refractivity contribution in [2.45, 2.75) is 19.4 Å². The summed E-state index contributed by atoms with van der Waals surface area (Å²) in [5.41, 5.74) is 20.2. The maximum Gasteiger partial charge on any atom is 0.118 e. The molecule has 0 saturated heterocycles. The van der Waals surface area contributed by atoms with Gasteiger partial charge in [-0.05, 0) is 30.5 Å². The van der Waals surface area contributed by atoms with Crippen LogP contribution in [0.4, 0.5) is 5.69 Å². The monoisotopic (exact) mass is 252 g/mol. The molecule has 6 N–H and O–H groups in total. The van der Waals surface area contributed by atoms with Gasteiger partial charge in [-0.1, -0.05) is 17.7 Å². The van der Waals surface area contributed by atoms with Gasteiger partial charge in [0.2, 0.25) is 0 Å². The molecule has 1 aromatic carbocycles. The minimum absolute atomic E-state index is 0.646. The SMILES string of the molecule is NC1=C(N)N(Cc2ccc(Cl)cc2N)CCC1. The molecular weight excluding hydrogens is 236 g/mol. The Morgan fingerprint density at radius 1 is 1.24 bits per heavy atom. The van der Waals surface area contributed by atoms with Crippen LogP contribution < -0.4 is 17.2 Å². The molecule has 1 aliphatic heterocycles. The number of hydrogen-bond donors (Lipinski definition) is 3. The number of halogens is 1. The van der Waals surface area contributed by atoms with Crippen molar-refractivity contribution in [3.05, 3.63) is 40.3 Å². The lowest BCUT2D eigenvalue weighted by Gasteiger charge is -2.30. The number of allylic oxidation sites excluding steroid dienone is 1. The molecule has 0 spiro atoms. The molecule has 2 rings (SSSR count). The summed E-state index contributed by atoms with van der Waals surface area (Å²) in [6.45, 7) is 1.59. The molecule has 1 aliphatic rings. The van der Waals surface area contributed by atoms with E-state index in [9.17, 15) is 0 Å². The van der Waals surface area contributed by atoms with Crippen LogP contribution in [0.25, 0.3) is 0 Å². The molecule has 1 aromatic rings. The molecule has 0 aromatic heterocycles. The smallest absolute Gasteiger partial charge is 0.118 e. The van der Waals surface area contributed by atoms with Gasteiger partial charge in [0.15, 0.2) is 0 Å². The third-order valence-electron chi connectivity index (χ3n) is 3.01. The topological polar surface area (TPSA) is 81.3 Å². The molecule has 0 bridgehead atoms. The highest BCUT2D eigenvalue weighted by Crippen LogP contribution is 2.23. The average Bonchev–Trinajstić information content (AvgIpc) is 2.28. The molecule has 92 valence electrons. The van der Waals surface area contributed by atoms with Crippen LogP contribution in [0.5, 0.6) is 0 Å². The minimum Gasteiger partial charge on any atom is -0.399 e. The van der Waals surface area contributed by atoms with E-state index in [4.69, 9.17) is 28.8 Å². The van der Waals surface area contributed by atoms with E-state index in [1.165, 1.54) is 0 Å². The normalized spacial score (nSPS) is 16.4. The summed E-state index contributed by atoms with van der Waals surface area (Å²) in [5, 5.41) is 0.646. The third-order valence-corrected chi connectivity index (χ3v) is 3.25. The van der Waals surface area contributed by atoms with E-state index in [0.717, 1.165) is 30.6 Å². The fourth-order valence-electron chi connectivity index (χ4n) is 1.99. The summed E-state index contributed by atoms with van der Waals surface area (Å²) in [5.74, 6) is 0.672. The van der Waals surface area contributed by atoms with Crippen molar-refractivity contribution in [1.82, 2.24) is 4.90 Å². The van der Waals surface area contributed by atoms with Crippen LogP contribution in [0, 0.1) is 0 Å². The van der Waals surface area contributed by atoms with E-state index >= 15 is 0 Å². The molecule has 5 heteroatoms. The highest BCUT2D eigenvalue weighted by molar-refractivity contribution is 6.30. The second-order valence-corrected chi connectivity index (χ2v) is 4.72. The van der Waals surface area contributed by atoms with E-state index in [2.05, 4.69) is 4.90 Å². The maximum atomic E-state index is 5.96. The summed E-state index contributed by atoms with van der Waals surface area (Å²) >= 11 is 5.86. The van der Waals surface area contributed by atoms with Gasteiger partial charge in [0.25, 0.3) is 0 Å². The molecule has 4 nitrogen and oxygen atoms in total. The first-order chi connectivity index (χ1) is 8.08. The minimum atomic E-state index is 0.646. The first kappa shape index (κ1) is 11.9. The Hall–Kier alpha value is -1.55. The molecular formula is C12H17ClN4. The molecule has 0 saturated carbocycles. The van der Waals surface area contributed by atoms with E-state index in [0.29, 0.717) is 23.1 Å². The zero-order valence-corrected chi connectivity index (χ0v) is 10.4. The summed E-state index contributed by atoms with van der Waals surface area (Å²) in [6, 6.07) is 5.51. The molecule has 0 fully saturated rings. The number of rotatable bonds is 2. The highest BCUT2D eigenvalue weighted by atomic mass is 35.5. The Balaban J connectivity index is 2.18. The quantitative estimate of drug-likeness (QED) is 0.699. The van der Waals surface area contributed by atoms with Crippen molar-refractivity contribution in [2.75, 3.05) is 12.3 Å². The van der Waals surface area contributed by atoms with Crippen LogP contribution >= 0.6 is 11.6 Å². The fraction of sp³-hybridized carbons (Fsp3) is 0.333. The standard InChI is InChI=1S/C12H17ClN4/c13-9-4-3-8(11(15)6-9)7-17-5-1-2-10(14)12(17)16/h3-4,6H,1-2,5,7,14-16H2. The van der Waals surface area contributed by atoms with Gasteiger partial charge in [-0.25, -0.2) is 0 Å². The van der Waals surface area contributed by atoms with Crippen LogP contribution in [0.15, 0.2) is 29.7 Å². The fourth-order valence-corrected chi connectivity index (χ4v) is 2.17. The number of nitrogens with two attached hydrogens (primary N) is 3. The van der Waals surface area contributed by atoms with Gasteiger partial charge in [-0.3, -0.25) is 0 Å². The van der Waals surface area contributed by atoms with Gasteiger partial charge >= 0.3 is 0 Å². The first-order valence-electron chi connectivity index (χ1n) is 5.61. The van der Waals surface area contributed by atoms with Gasteiger partial charge in [0.1, 0.15) is 5.82 Å². The predicted octanol–water partition coefficient (Wildman–Crippen LogP) is 1.60. The van der Waals surface area contributed by atoms with E-state index in [1.807, 2.05) is 12.1 Å². The van der Waals surface area contributed by atoms with E-state index in [-0.39, 0.29) is 0 Å². The molecule has 17 heavy (non-hydrogen) atoms. The second-order valence-electron chi connectivity index (χ2n) is 4.28. The first-order valence-corrected chi connectivity index (χ1v) is 5.98. The molecule has 1 heterocycles. The van der Waals surface area contributed by atoms with Crippen LogP contribution in [0.2, 0.25) is 5.02 Å². The highest BCUT2D eigenvalue weighted by Gasteiger charge is 2.16. The van der Waals surface area contributed by atoms with Gasteiger partial charge < -0.3 is 22.1 Å². The van der Waals surface area contributed by atoms with Crippen LogP contribution in [0.1, 0.15) is 18.4 Å². The Bertz CT molecular complexity index is 456. The number of hydrogen-bond acceptors (Lipinski definition) is 4. The molecule has 0 amide bonds. The van der Waals surface area contributed by atoms with Gasteiger partial charge in [0.05, 0.1) is 0 Å². The van der Waals surface area contributed by atoms with Crippen molar-refractivity contribution in [3.8, 4) is 0 Å². The Labute approximate surface area is 106 Å². The lowest BCUT2D eigenvalue weighted by atomic mass is 10.1. The zero-order valence-electron chi connectivity index (χ0n) is 9.62. The van der Waals surface area contributed by atoms with E-state index < -0.39 is 0 Å². The maximum absolute atomic E-state index is 5.96. The molecule has 0 radical (unpaired) electrons. The second kappa shape index (κ2) is 4.75. The lowest BCUT2D eigenvalue weighted by Crippen LogP contribution is -2.35. The summed E-state index contributed by atoms with van der Waals surface area (Å²) in [7, 11) is 0. The van der Waals surface area contributed by atoms with Gasteiger partial charge in [-0.2, -0.15) is 0 Å². The van der Waals surface area contributed by atoms with E-state index in [1.54, 1.807) is 6.07 Å². The van der Waals surface area contributed by atoms with Crippen LogP contribution in [-0.2, 0) is 6.54 Å². The summed E-state index contributed by atoms with van der Waals surface area (Å²) in [4.78, 5) is 2.05. The third kappa shape index (κ3) is 2.58. The number of anilines is 1. The average molecular weight is 253 g/mol. The van der Waals surface area contributed by atoms with Crippen molar-refractivity contribution in [3.63, 3.8) is 0 Å². The molecule has 0 atom stereocenters. The Morgan fingerprint density at radius 2 is 2.00 bits per heavy atom. The van der Waals surface area contributed by atoms with Crippen LogP contribution in [-0.4, -0.2) is 11.4 Å². The van der Waals surface area contributed by atoms with Crippen LogP contribution in [0.3, 0.4) is 0 Å². The van der Waals surface area contributed by atoms with Crippen molar-refractivity contribution in [2.24, 2.45) is 11.5 Å². The Morgan fingerprint density at radius 3 is 2.71 bits per heavy atom. The number of nitrogens with zero attached hydrogens (tertiary/aromatic N) is 1. The van der Waals surface area contributed by atoms with Crippen molar-refractivity contribution < 1.29 is 0 Å². The largest absolute Gasteiger partial charge is 0.399 e. The number of nitrogen functional groups attached to an aromatic ring is 1. The molecule has 0 unspecified atom stereocenters. The summed E-state index contributed by atoms with van der Waals surface area (Å²) in [6.07, 6.45) is 1.90. The predicted molar refractivity (Wildman–Crippen MR) is 70.9 cm³/mol. The zero-order chi connectivity index (χ0) is 12.4. The number of benzene rings is 1. The molecule has 0 aliphatic carbocycles. The summed E-state index contributed by atoms with van der Waals surface area (Å²) < 4.78 is 0. The Kier molecular flexibility index (Phi) is 3.33. The lowest BCUT2D eigenvalue weighted by molar-refractivity contribution is 0.304. The van der Waals surface area contributed by atoms with Gasteiger partial charge in [0, 0.05) is 29.5 Å². The van der Waals surface area contributed by atoms with Crippen molar-refractivity contribution >= 4 is 17.3 Å². The van der Waals surface area contributed by atoms with Gasteiger partial charge in [-0.15, -0.1) is 0 Å². The van der Waals surface area contributed by atoms with Crippen molar-refractivity contribution in [1.29, 1.82) is 0 Å².